The minimum atomic E-state index is -4.65. The van der Waals surface area contributed by atoms with Gasteiger partial charge in [-0.15, -0.1) is 0 Å². The molecule has 0 radical (unpaired) electrons. The fourth-order valence-corrected chi connectivity index (χ4v) is 3.04. The number of carbonyl (C=O) groups is 1. The van der Waals surface area contributed by atoms with Crippen molar-refractivity contribution in [2.75, 3.05) is 4.43 Å². The molecular formula is C10H21INO5P. The van der Waals surface area contributed by atoms with Crippen molar-refractivity contribution in [3.05, 3.63) is 0 Å². The molecule has 0 aliphatic heterocycles. The summed E-state index contributed by atoms with van der Waals surface area (Å²) in [5, 5.41) is 2.78. The number of hydrogen-bond donors (Lipinski definition) is 3. The molecule has 1 amide bonds. The maximum atomic E-state index is 11.9. The zero-order valence-corrected chi connectivity index (χ0v) is 14.0. The van der Waals surface area contributed by atoms with Gasteiger partial charge in [0.15, 0.2) is 6.10 Å². The van der Waals surface area contributed by atoms with Crippen LogP contribution in [0.5, 0.6) is 0 Å². The summed E-state index contributed by atoms with van der Waals surface area (Å²) in [6.07, 6.45) is -1.13. The van der Waals surface area contributed by atoms with Gasteiger partial charge in [0.25, 0.3) is 5.91 Å². The SMILES string of the molecule is CC(C)C(NC(=O)C(CI)OP(=O)(O)O)C(C)C. The van der Waals surface area contributed by atoms with E-state index < -0.39 is 19.8 Å². The third kappa shape index (κ3) is 7.04. The van der Waals surface area contributed by atoms with Gasteiger partial charge in [-0.05, 0) is 11.8 Å². The molecule has 1 unspecified atom stereocenters. The summed E-state index contributed by atoms with van der Waals surface area (Å²) >= 11 is 1.86. The van der Waals surface area contributed by atoms with Crippen molar-refractivity contribution in [2.24, 2.45) is 11.8 Å². The Bertz CT molecular complexity index is 309. The van der Waals surface area contributed by atoms with Gasteiger partial charge in [0.2, 0.25) is 0 Å². The fraction of sp³-hybridized carbons (Fsp3) is 0.900. The predicted octanol–water partition coefficient (Wildman–Crippen LogP) is 1.70. The van der Waals surface area contributed by atoms with Gasteiger partial charge in [0.1, 0.15) is 0 Å². The van der Waals surface area contributed by atoms with E-state index >= 15 is 0 Å². The van der Waals surface area contributed by atoms with Gasteiger partial charge in [-0.1, -0.05) is 50.3 Å². The molecule has 0 aromatic heterocycles. The molecule has 0 heterocycles. The normalized spacial score (nSPS) is 14.3. The molecule has 0 rings (SSSR count). The van der Waals surface area contributed by atoms with Crippen molar-refractivity contribution in [2.45, 2.75) is 39.8 Å². The summed E-state index contributed by atoms with van der Waals surface area (Å²) in [6.45, 7) is 7.92. The van der Waals surface area contributed by atoms with Crippen LogP contribution >= 0.6 is 30.4 Å². The molecule has 0 bridgehead atoms. The Morgan fingerprint density at radius 3 is 2.00 bits per heavy atom. The average molecular weight is 393 g/mol. The first-order valence-corrected chi connectivity index (χ1v) is 8.74. The lowest BCUT2D eigenvalue weighted by molar-refractivity contribution is -0.129. The molecule has 3 N–H and O–H groups in total. The van der Waals surface area contributed by atoms with E-state index in [0.29, 0.717) is 0 Å². The lowest BCUT2D eigenvalue weighted by atomic mass is 9.93. The van der Waals surface area contributed by atoms with Crippen LogP contribution in [0.25, 0.3) is 0 Å². The molecule has 0 aliphatic rings. The summed E-state index contributed by atoms with van der Waals surface area (Å²) in [6, 6.07) is -0.0525. The lowest BCUT2D eigenvalue weighted by Crippen LogP contribution is -2.47. The van der Waals surface area contributed by atoms with Gasteiger partial charge in [0.05, 0.1) is 0 Å². The first-order chi connectivity index (χ1) is 8.08. The van der Waals surface area contributed by atoms with Crippen LogP contribution in [0, 0.1) is 11.8 Å². The number of halogens is 1. The number of phosphoric acid groups is 1. The van der Waals surface area contributed by atoms with E-state index in [2.05, 4.69) is 9.84 Å². The highest BCUT2D eigenvalue weighted by Crippen LogP contribution is 2.38. The Labute approximate surface area is 121 Å². The number of rotatable bonds is 7. The fourth-order valence-electron chi connectivity index (χ4n) is 1.67. The summed E-state index contributed by atoms with van der Waals surface area (Å²) in [7, 11) is -4.65. The van der Waals surface area contributed by atoms with Crippen LogP contribution in [0.2, 0.25) is 0 Å². The third-order valence-corrected chi connectivity index (χ3v) is 3.77. The van der Waals surface area contributed by atoms with Crippen LogP contribution in [-0.2, 0) is 13.9 Å². The van der Waals surface area contributed by atoms with Gasteiger partial charge in [-0.3, -0.25) is 9.32 Å². The smallest absolute Gasteiger partial charge is 0.351 e. The first-order valence-electron chi connectivity index (χ1n) is 5.68. The summed E-state index contributed by atoms with van der Waals surface area (Å²) < 4.78 is 15.4. The van der Waals surface area contributed by atoms with Gasteiger partial charge in [0, 0.05) is 10.5 Å². The Hall–Kier alpha value is 0.310. The zero-order valence-electron chi connectivity index (χ0n) is 11.0. The third-order valence-electron chi connectivity index (χ3n) is 2.44. The predicted molar refractivity (Wildman–Crippen MR) is 77.4 cm³/mol. The second-order valence-electron chi connectivity index (χ2n) is 4.76. The van der Waals surface area contributed by atoms with Crippen molar-refractivity contribution in [1.29, 1.82) is 0 Å². The molecule has 0 aliphatic carbocycles. The van der Waals surface area contributed by atoms with Gasteiger partial charge < -0.3 is 15.1 Å². The maximum Gasteiger partial charge on any atom is 0.470 e. The molecule has 18 heavy (non-hydrogen) atoms. The molecule has 0 spiro atoms. The van der Waals surface area contributed by atoms with Crippen molar-refractivity contribution in [3.8, 4) is 0 Å². The molecule has 0 aromatic carbocycles. The number of amides is 1. The Morgan fingerprint density at radius 1 is 1.28 bits per heavy atom. The topological polar surface area (TPSA) is 95.9 Å². The van der Waals surface area contributed by atoms with E-state index in [1.807, 2.05) is 50.3 Å². The second kappa shape index (κ2) is 7.79. The molecule has 8 heteroatoms. The molecule has 0 saturated carbocycles. The first kappa shape index (κ1) is 18.3. The highest BCUT2D eigenvalue weighted by molar-refractivity contribution is 14.1. The molecule has 6 nitrogen and oxygen atoms in total. The summed E-state index contributed by atoms with van der Waals surface area (Å²) in [4.78, 5) is 29.3. The number of phosphoric ester groups is 1. The van der Waals surface area contributed by atoms with Crippen LogP contribution in [0.1, 0.15) is 27.7 Å². The number of hydrogen-bond acceptors (Lipinski definition) is 3. The standard InChI is InChI=1S/C10H21INO5P/c1-6(2)9(7(3)4)12-10(13)8(5-11)17-18(14,15)16/h6-9H,5H2,1-4H3,(H,12,13)(H2,14,15,16). The van der Waals surface area contributed by atoms with Crippen LogP contribution in [0.3, 0.4) is 0 Å². The van der Waals surface area contributed by atoms with Crippen molar-refractivity contribution >= 4 is 36.3 Å². The van der Waals surface area contributed by atoms with Crippen LogP contribution in [0.15, 0.2) is 0 Å². The van der Waals surface area contributed by atoms with E-state index in [0.717, 1.165) is 0 Å². The van der Waals surface area contributed by atoms with Crippen LogP contribution in [0.4, 0.5) is 0 Å². The molecule has 1 atom stereocenters. The van der Waals surface area contributed by atoms with E-state index in [9.17, 15) is 9.36 Å². The van der Waals surface area contributed by atoms with Crippen LogP contribution < -0.4 is 5.32 Å². The van der Waals surface area contributed by atoms with E-state index in [1.165, 1.54) is 0 Å². The van der Waals surface area contributed by atoms with Crippen LogP contribution in [-0.4, -0.2) is 32.3 Å². The lowest BCUT2D eigenvalue weighted by Gasteiger charge is -2.27. The largest absolute Gasteiger partial charge is 0.470 e. The minimum absolute atomic E-state index is 0.0525. The maximum absolute atomic E-state index is 11.9. The molecule has 108 valence electrons. The summed E-state index contributed by atoms with van der Waals surface area (Å²) in [5.74, 6) is -0.0159. The highest BCUT2D eigenvalue weighted by atomic mass is 127. The molecule has 0 aromatic rings. The van der Waals surface area contributed by atoms with Crippen molar-refractivity contribution < 1.29 is 23.7 Å². The zero-order chi connectivity index (χ0) is 14.5. The molecular weight excluding hydrogens is 372 g/mol. The molecule has 0 fully saturated rings. The van der Waals surface area contributed by atoms with E-state index in [1.54, 1.807) is 0 Å². The monoisotopic (exact) mass is 393 g/mol. The number of alkyl halides is 1. The average Bonchev–Trinajstić information content (AvgIpc) is 2.19. The Kier molecular flexibility index (Phi) is 7.93. The highest BCUT2D eigenvalue weighted by Gasteiger charge is 2.30. The quantitative estimate of drug-likeness (QED) is 0.348. The Balaban J connectivity index is 4.65. The summed E-state index contributed by atoms with van der Waals surface area (Å²) in [5.41, 5.74) is 0. The molecule has 0 saturated heterocycles. The number of carbonyl (C=O) groups excluding carboxylic acids is 1. The van der Waals surface area contributed by atoms with Crippen molar-refractivity contribution in [1.82, 2.24) is 5.32 Å². The minimum Gasteiger partial charge on any atom is -0.351 e. The van der Waals surface area contributed by atoms with E-state index in [4.69, 9.17) is 9.79 Å². The second-order valence-corrected chi connectivity index (χ2v) is 6.83. The van der Waals surface area contributed by atoms with E-state index in [-0.39, 0.29) is 22.3 Å². The van der Waals surface area contributed by atoms with Gasteiger partial charge in [-0.2, -0.15) is 0 Å². The Morgan fingerprint density at radius 2 is 1.72 bits per heavy atom. The van der Waals surface area contributed by atoms with Crippen molar-refractivity contribution in [3.63, 3.8) is 0 Å². The number of nitrogens with one attached hydrogen (secondary N) is 1. The van der Waals surface area contributed by atoms with Gasteiger partial charge >= 0.3 is 7.82 Å². The van der Waals surface area contributed by atoms with Gasteiger partial charge in [-0.25, -0.2) is 4.57 Å².